The third-order valence-corrected chi connectivity index (χ3v) is 3.97. The van der Waals surface area contributed by atoms with E-state index in [9.17, 15) is 14.0 Å². The zero-order valence-corrected chi connectivity index (χ0v) is 13.5. The quantitative estimate of drug-likeness (QED) is 0.700. The summed E-state index contributed by atoms with van der Waals surface area (Å²) in [5.41, 5.74) is 3.05. The van der Waals surface area contributed by atoms with Gasteiger partial charge in [0.15, 0.2) is 6.29 Å². The Kier molecular flexibility index (Phi) is 4.70. The zero-order chi connectivity index (χ0) is 17.8. The Morgan fingerprint density at radius 3 is 2.64 bits per heavy atom. The first-order valence-corrected chi connectivity index (χ1v) is 7.73. The molecule has 25 heavy (non-hydrogen) atoms. The number of carbonyl (C=O) groups excluding carboxylic acids is 2. The summed E-state index contributed by atoms with van der Waals surface area (Å²) in [4.78, 5) is 23.8. The Morgan fingerprint density at radius 2 is 2.00 bits per heavy atom. The van der Waals surface area contributed by atoms with Crippen LogP contribution in [0.15, 0.2) is 54.9 Å². The normalized spacial score (nSPS) is 11.8. The zero-order valence-electron chi connectivity index (χ0n) is 13.5. The van der Waals surface area contributed by atoms with Gasteiger partial charge in [0.1, 0.15) is 5.82 Å². The summed E-state index contributed by atoms with van der Waals surface area (Å²) in [5, 5.41) is 9.40. The molecule has 0 spiro atoms. The molecule has 1 aromatic heterocycles. The predicted octanol–water partition coefficient (Wildman–Crippen LogP) is 3.52. The molecule has 0 aliphatic carbocycles. The molecule has 0 radical (unpaired) electrons. The molecule has 2 aromatic carbocycles. The number of aromatic amines is 1. The van der Waals surface area contributed by atoms with Crippen molar-refractivity contribution in [2.75, 3.05) is 0 Å². The van der Waals surface area contributed by atoms with Crippen LogP contribution in [-0.4, -0.2) is 22.4 Å². The highest BCUT2D eigenvalue weighted by atomic mass is 19.1. The summed E-state index contributed by atoms with van der Waals surface area (Å²) < 4.78 is 13.0. The lowest BCUT2D eigenvalue weighted by Gasteiger charge is -2.15. The lowest BCUT2D eigenvalue weighted by molar-refractivity contribution is 0.0940. The molecule has 0 unspecified atom stereocenters. The number of benzene rings is 2. The van der Waals surface area contributed by atoms with E-state index in [1.165, 1.54) is 12.1 Å². The number of hydrogen-bond donors (Lipinski definition) is 2. The minimum Gasteiger partial charge on any atom is -0.346 e. The molecule has 1 heterocycles. The first-order chi connectivity index (χ1) is 12.1. The fourth-order valence-electron chi connectivity index (χ4n) is 2.58. The van der Waals surface area contributed by atoms with Crippen molar-refractivity contribution in [2.45, 2.75) is 13.0 Å². The Bertz CT molecular complexity index is 890. The summed E-state index contributed by atoms with van der Waals surface area (Å²) in [6.45, 7) is 1.81. The van der Waals surface area contributed by atoms with Gasteiger partial charge in [-0.3, -0.25) is 14.7 Å². The van der Waals surface area contributed by atoms with Crippen LogP contribution in [0.1, 0.15) is 39.2 Å². The molecule has 0 saturated carbocycles. The van der Waals surface area contributed by atoms with Crippen LogP contribution in [0.25, 0.3) is 11.1 Å². The first-order valence-electron chi connectivity index (χ1n) is 7.73. The summed E-state index contributed by atoms with van der Waals surface area (Å²) in [6, 6.07) is 10.6. The lowest BCUT2D eigenvalue weighted by atomic mass is 10.00. The van der Waals surface area contributed by atoms with Crippen LogP contribution in [0.2, 0.25) is 0 Å². The fourth-order valence-corrected chi connectivity index (χ4v) is 2.58. The van der Waals surface area contributed by atoms with Crippen LogP contribution < -0.4 is 5.32 Å². The number of rotatable bonds is 5. The average Bonchev–Trinajstić information content (AvgIpc) is 3.16. The third kappa shape index (κ3) is 3.63. The lowest BCUT2D eigenvalue weighted by Crippen LogP contribution is -2.26. The smallest absolute Gasteiger partial charge is 0.251 e. The molecule has 2 N–H and O–H groups in total. The van der Waals surface area contributed by atoms with Crippen molar-refractivity contribution >= 4 is 12.2 Å². The van der Waals surface area contributed by atoms with Gasteiger partial charge >= 0.3 is 0 Å². The number of nitrogens with one attached hydrogen (secondary N) is 2. The number of nitrogens with zero attached hydrogens (tertiary/aromatic N) is 1. The van der Waals surface area contributed by atoms with E-state index in [1.807, 2.05) is 6.92 Å². The van der Waals surface area contributed by atoms with E-state index in [4.69, 9.17) is 0 Å². The molecule has 0 fully saturated rings. The van der Waals surface area contributed by atoms with Crippen LogP contribution in [0, 0.1) is 5.82 Å². The van der Waals surface area contributed by atoms with Crippen molar-refractivity contribution in [1.82, 2.24) is 15.5 Å². The second kappa shape index (κ2) is 7.09. The molecular formula is C19H16FN3O2. The van der Waals surface area contributed by atoms with Crippen LogP contribution >= 0.6 is 0 Å². The van der Waals surface area contributed by atoms with Gasteiger partial charge in [0, 0.05) is 22.9 Å². The van der Waals surface area contributed by atoms with Gasteiger partial charge in [-0.1, -0.05) is 18.2 Å². The van der Waals surface area contributed by atoms with Gasteiger partial charge in [-0.25, -0.2) is 4.39 Å². The first kappa shape index (κ1) is 16.6. The largest absolute Gasteiger partial charge is 0.346 e. The Balaban J connectivity index is 1.80. The fraction of sp³-hybridized carbons (Fsp3) is 0.105. The van der Waals surface area contributed by atoms with Crippen LogP contribution in [-0.2, 0) is 0 Å². The Labute approximate surface area is 143 Å². The highest BCUT2D eigenvalue weighted by Gasteiger charge is 2.14. The molecule has 0 aliphatic rings. The molecule has 1 amide bonds. The van der Waals surface area contributed by atoms with Crippen molar-refractivity contribution in [3.63, 3.8) is 0 Å². The van der Waals surface area contributed by atoms with E-state index in [-0.39, 0.29) is 17.8 Å². The van der Waals surface area contributed by atoms with E-state index < -0.39 is 0 Å². The number of aromatic nitrogens is 2. The summed E-state index contributed by atoms with van der Waals surface area (Å²) >= 11 is 0. The van der Waals surface area contributed by atoms with E-state index in [1.54, 1.807) is 42.7 Å². The molecule has 3 rings (SSSR count). The molecule has 0 saturated heterocycles. The molecule has 0 bridgehead atoms. The van der Waals surface area contributed by atoms with E-state index >= 15 is 0 Å². The van der Waals surface area contributed by atoms with Gasteiger partial charge in [-0.2, -0.15) is 5.10 Å². The molecule has 1 atom stereocenters. The van der Waals surface area contributed by atoms with Crippen molar-refractivity contribution in [3.8, 4) is 11.1 Å². The molecule has 6 heteroatoms. The maximum absolute atomic E-state index is 13.0. The van der Waals surface area contributed by atoms with E-state index in [0.717, 1.165) is 11.1 Å². The Morgan fingerprint density at radius 1 is 1.24 bits per heavy atom. The van der Waals surface area contributed by atoms with Gasteiger partial charge in [-0.05, 0) is 42.3 Å². The maximum atomic E-state index is 13.0. The van der Waals surface area contributed by atoms with Crippen LogP contribution in [0.5, 0.6) is 0 Å². The number of H-pyrrole nitrogens is 1. The monoisotopic (exact) mass is 337 g/mol. The predicted molar refractivity (Wildman–Crippen MR) is 91.7 cm³/mol. The van der Waals surface area contributed by atoms with Crippen molar-refractivity contribution in [2.24, 2.45) is 0 Å². The molecular weight excluding hydrogens is 321 g/mol. The number of carbonyl (C=O) groups is 2. The second-order valence-electron chi connectivity index (χ2n) is 5.65. The topological polar surface area (TPSA) is 74.8 Å². The maximum Gasteiger partial charge on any atom is 0.251 e. The standard InChI is InChI=1S/C19H16FN3O2/c1-12(13-2-5-17(20)6-3-13)23-19(25)14-4-7-18(15(8-14)11-24)16-9-21-22-10-16/h2-12H,1H3,(H,21,22)(H,23,25)/t12-/m1/s1. The average molecular weight is 337 g/mol. The van der Waals surface area contributed by atoms with Crippen molar-refractivity contribution in [3.05, 3.63) is 77.4 Å². The highest BCUT2D eigenvalue weighted by Crippen LogP contribution is 2.23. The highest BCUT2D eigenvalue weighted by molar-refractivity contribution is 5.98. The third-order valence-electron chi connectivity index (χ3n) is 3.97. The molecule has 0 aliphatic heterocycles. The molecule has 126 valence electrons. The summed E-state index contributed by atoms with van der Waals surface area (Å²) in [7, 11) is 0. The van der Waals surface area contributed by atoms with Gasteiger partial charge in [0.2, 0.25) is 0 Å². The van der Waals surface area contributed by atoms with Crippen LogP contribution in [0.4, 0.5) is 4.39 Å². The number of aldehydes is 1. The minimum absolute atomic E-state index is 0.290. The number of hydrogen-bond acceptors (Lipinski definition) is 3. The summed E-state index contributed by atoms with van der Waals surface area (Å²) in [5.74, 6) is -0.633. The summed E-state index contributed by atoms with van der Waals surface area (Å²) in [6.07, 6.45) is 4.00. The Hall–Kier alpha value is -3.28. The van der Waals surface area contributed by atoms with Crippen molar-refractivity contribution in [1.29, 1.82) is 0 Å². The number of halogens is 1. The van der Waals surface area contributed by atoms with E-state index in [0.29, 0.717) is 23.0 Å². The minimum atomic E-state index is -0.326. The second-order valence-corrected chi connectivity index (χ2v) is 5.65. The molecule has 3 aromatic rings. The van der Waals surface area contributed by atoms with Gasteiger partial charge in [0.05, 0.1) is 12.2 Å². The molecule has 5 nitrogen and oxygen atoms in total. The van der Waals surface area contributed by atoms with Crippen LogP contribution in [0.3, 0.4) is 0 Å². The number of amides is 1. The van der Waals surface area contributed by atoms with Crippen molar-refractivity contribution < 1.29 is 14.0 Å². The van der Waals surface area contributed by atoms with E-state index in [2.05, 4.69) is 15.5 Å². The van der Waals surface area contributed by atoms with Gasteiger partial charge < -0.3 is 5.32 Å². The SMILES string of the molecule is C[C@@H](NC(=O)c1ccc(-c2cn[nH]c2)c(C=O)c1)c1ccc(F)cc1. The van der Waals surface area contributed by atoms with Gasteiger partial charge in [-0.15, -0.1) is 0 Å². The van der Waals surface area contributed by atoms with Gasteiger partial charge in [0.25, 0.3) is 5.91 Å².